The van der Waals surface area contributed by atoms with Gasteiger partial charge in [-0.1, -0.05) is 17.7 Å². The van der Waals surface area contributed by atoms with Crippen molar-refractivity contribution >= 4 is 21.6 Å². The maximum Gasteiger partial charge on any atom is 0.245 e. The van der Waals surface area contributed by atoms with Crippen LogP contribution in [-0.4, -0.2) is 27.0 Å². The SMILES string of the molecule is CC1NNCC1NS(=O)(=O)c1c(F)cccc1Cl. The summed E-state index contributed by atoms with van der Waals surface area (Å²) in [5.74, 6) is -0.860. The van der Waals surface area contributed by atoms with E-state index in [9.17, 15) is 12.8 Å². The molecule has 2 unspecified atom stereocenters. The van der Waals surface area contributed by atoms with Crippen LogP contribution in [0.5, 0.6) is 0 Å². The van der Waals surface area contributed by atoms with Crippen LogP contribution >= 0.6 is 11.6 Å². The van der Waals surface area contributed by atoms with Crippen molar-refractivity contribution in [3.63, 3.8) is 0 Å². The summed E-state index contributed by atoms with van der Waals surface area (Å²) >= 11 is 5.75. The van der Waals surface area contributed by atoms with Crippen LogP contribution < -0.4 is 15.6 Å². The molecule has 0 radical (unpaired) electrons. The maximum atomic E-state index is 13.6. The first-order chi connectivity index (χ1) is 8.42. The molecule has 0 spiro atoms. The molecular formula is C10H13ClFN3O2S. The highest BCUT2D eigenvalue weighted by Crippen LogP contribution is 2.24. The molecule has 1 aromatic rings. The number of rotatable bonds is 3. The lowest BCUT2D eigenvalue weighted by atomic mass is 10.2. The molecule has 0 saturated carbocycles. The van der Waals surface area contributed by atoms with Crippen LogP contribution in [-0.2, 0) is 10.0 Å². The molecule has 1 aliphatic heterocycles. The molecule has 3 N–H and O–H groups in total. The molecule has 0 bridgehead atoms. The lowest BCUT2D eigenvalue weighted by Gasteiger charge is -2.16. The summed E-state index contributed by atoms with van der Waals surface area (Å²) in [5, 5.41) is -0.130. The minimum Gasteiger partial charge on any atom is -0.256 e. The van der Waals surface area contributed by atoms with Gasteiger partial charge in [0.25, 0.3) is 0 Å². The summed E-state index contributed by atoms with van der Waals surface area (Å²) in [6.45, 7) is 2.24. The summed E-state index contributed by atoms with van der Waals surface area (Å²) < 4.78 is 40.2. The zero-order chi connectivity index (χ0) is 13.3. The van der Waals surface area contributed by atoms with Gasteiger partial charge in [-0.25, -0.2) is 17.5 Å². The van der Waals surface area contributed by atoms with Crippen LogP contribution in [0.3, 0.4) is 0 Å². The third-order valence-electron chi connectivity index (χ3n) is 2.75. The van der Waals surface area contributed by atoms with Gasteiger partial charge in [0.2, 0.25) is 10.0 Å². The number of benzene rings is 1. The van der Waals surface area contributed by atoms with Crippen molar-refractivity contribution < 1.29 is 12.8 Å². The van der Waals surface area contributed by atoms with Crippen LogP contribution in [0.25, 0.3) is 0 Å². The molecule has 1 fully saturated rings. The Morgan fingerprint density at radius 3 is 2.78 bits per heavy atom. The standard InChI is InChI=1S/C10H13ClFN3O2S/c1-6-9(5-13-14-6)15-18(16,17)10-7(11)3-2-4-8(10)12/h2-4,6,9,13-15H,5H2,1H3. The number of halogens is 2. The van der Waals surface area contributed by atoms with E-state index in [0.29, 0.717) is 6.54 Å². The molecule has 1 saturated heterocycles. The zero-order valence-electron chi connectivity index (χ0n) is 9.57. The van der Waals surface area contributed by atoms with Crippen LogP contribution in [0.2, 0.25) is 5.02 Å². The van der Waals surface area contributed by atoms with Gasteiger partial charge in [0.15, 0.2) is 0 Å². The topological polar surface area (TPSA) is 70.2 Å². The molecule has 0 amide bonds. The highest BCUT2D eigenvalue weighted by Gasteiger charge is 2.30. The number of hydrogen-bond acceptors (Lipinski definition) is 4. The molecule has 18 heavy (non-hydrogen) atoms. The fourth-order valence-corrected chi connectivity index (χ4v) is 3.67. The third kappa shape index (κ3) is 2.65. The Bertz CT molecular complexity index is 532. The van der Waals surface area contributed by atoms with E-state index in [4.69, 9.17) is 11.6 Å². The van der Waals surface area contributed by atoms with E-state index < -0.39 is 20.7 Å². The van der Waals surface area contributed by atoms with Gasteiger partial charge < -0.3 is 0 Å². The number of hydrazine groups is 1. The van der Waals surface area contributed by atoms with Gasteiger partial charge >= 0.3 is 0 Å². The van der Waals surface area contributed by atoms with Crippen LogP contribution in [0.1, 0.15) is 6.92 Å². The average Bonchev–Trinajstić information content (AvgIpc) is 2.63. The van der Waals surface area contributed by atoms with Crippen LogP contribution in [0.15, 0.2) is 23.1 Å². The Hall–Kier alpha value is -0.730. The molecule has 5 nitrogen and oxygen atoms in total. The predicted octanol–water partition coefficient (Wildman–Crippen LogP) is 0.622. The second-order valence-corrected chi connectivity index (χ2v) is 6.15. The van der Waals surface area contributed by atoms with Gasteiger partial charge in [0.1, 0.15) is 10.7 Å². The molecule has 1 heterocycles. The largest absolute Gasteiger partial charge is 0.256 e. The van der Waals surface area contributed by atoms with E-state index >= 15 is 0 Å². The minimum absolute atomic E-state index is 0.0923. The average molecular weight is 294 g/mol. The Kier molecular flexibility index (Phi) is 3.88. The summed E-state index contributed by atoms with van der Waals surface area (Å²) in [6.07, 6.45) is 0. The molecular weight excluding hydrogens is 281 g/mol. The van der Waals surface area contributed by atoms with Gasteiger partial charge in [0.05, 0.1) is 11.1 Å². The van der Waals surface area contributed by atoms with Crippen LogP contribution in [0.4, 0.5) is 4.39 Å². The Morgan fingerprint density at radius 2 is 2.22 bits per heavy atom. The second-order valence-electron chi connectivity index (χ2n) is 4.09. The van der Waals surface area contributed by atoms with Crippen molar-refractivity contribution in [3.05, 3.63) is 29.0 Å². The fourth-order valence-electron chi connectivity index (χ4n) is 1.75. The molecule has 0 aromatic heterocycles. The second kappa shape index (κ2) is 5.10. The minimum atomic E-state index is -3.97. The monoisotopic (exact) mass is 293 g/mol. The maximum absolute atomic E-state index is 13.6. The van der Waals surface area contributed by atoms with Crippen molar-refractivity contribution in [1.82, 2.24) is 15.6 Å². The van der Waals surface area contributed by atoms with Gasteiger partial charge in [-0.3, -0.25) is 10.9 Å². The normalized spacial score (nSPS) is 24.4. The lowest BCUT2D eigenvalue weighted by molar-refractivity contribution is 0.515. The fraction of sp³-hybridized carbons (Fsp3) is 0.400. The van der Waals surface area contributed by atoms with E-state index in [2.05, 4.69) is 15.6 Å². The molecule has 0 aliphatic carbocycles. The van der Waals surface area contributed by atoms with Gasteiger partial charge in [-0.05, 0) is 19.1 Å². The first-order valence-electron chi connectivity index (χ1n) is 5.36. The van der Waals surface area contributed by atoms with E-state index in [1.165, 1.54) is 12.1 Å². The van der Waals surface area contributed by atoms with Crippen LogP contribution in [0, 0.1) is 5.82 Å². The van der Waals surface area contributed by atoms with Crippen molar-refractivity contribution in [2.45, 2.75) is 23.9 Å². The highest BCUT2D eigenvalue weighted by atomic mass is 35.5. The van der Waals surface area contributed by atoms with E-state index in [0.717, 1.165) is 6.07 Å². The summed E-state index contributed by atoms with van der Waals surface area (Å²) in [4.78, 5) is -0.509. The molecule has 1 aliphatic rings. The molecule has 2 rings (SSSR count). The van der Waals surface area contributed by atoms with Gasteiger partial charge in [0, 0.05) is 12.6 Å². The summed E-state index contributed by atoms with van der Waals surface area (Å²) in [6, 6.07) is 3.32. The summed E-state index contributed by atoms with van der Waals surface area (Å²) in [5.41, 5.74) is 5.69. The third-order valence-corrected chi connectivity index (χ3v) is 4.74. The highest BCUT2D eigenvalue weighted by molar-refractivity contribution is 7.89. The van der Waals surface area contributed by atoms with E-state index in [1.54, 1.807) is 0 Å². The Morgan fingerprint density at radius 1 is 1.50 bits per heavy atom. The lowest BCUT2D eigenvalue weighted by Crippen LogP contribution is -2.43. The molecule has 100 valence electrons. The first-order valence-corrected chi connectivity index (χ1v) is 7.22. The smallest absolute Gasteiger partial charge is 0.245 e. The van der Waals surface area contributed by atoms with E-state index in [1.807, 2.05) is 6.92 Å². The van der Waals surface area contributed by atoms with Gasteiger partial charge in [-0.15, -0.1) is 0 Å². The van der Waals surface area contributed by atoms with Crippen molar-refractivity contribution in [2.24, 2.45) is 0 Å². The number of sulfonamides is 1. The molecule has 8 heteroatoms. The number of hydrogen-bond donors (Lipinski definition) is 3. The Balaban J connectivity index is 2.31. The zero-order valence-corrected chi connectivity index (χ0v) is 11.1. The van der Waals surface area contributed by atoms with Crippen molar-refractivity contribution in [3.8, 4) is 0 Å². The first kappa shape index (κ1) is 13.7. The Labute approximate surface area is 110 Å². The quantitative estimate of drug-likeness (QED) is 0.764. The molecule has 1 aromatic carbocycles. The van der Waals surface area contributed by atoms with Gasteiger partial charge in [-0.2, -0.15) is 0 Å². The molecule has 2 atom stereocenters. The van der Waals surface area contributed by atoms with E-state index in [-0.39, 0.29) is 17.1 Å². The number of nitrogens with one attached hydrogen (secondary N) is 3. The van der Waals surface area contributed by atoms with Crippen molar-refractivity contribution in [2.75, 3.05) is 6.54 Å². The van der Waals surface area contributed by atoms with Crippen molar-refractivity contribution in [1.29, 1.82) is 0 Å². The summed E-state index contributed by atoms with van der Waals surface area (Å²) in [7, 11) is -3.97. The predicted molar refractivity (Wildman–Crippen MR) is 66.1 cm³/mol.